The minimum absolute atomic E-state index is 0. The molecule has 0 aromatic carbocycles. The fraction of sp³-hybridized carbons (Fsp3) is 1.00. The summed E-state index contributed by atoms with van der Waals surface area (Å²) in [6.45, 7) is 0. The van der Waals surface area contributed by atoms with Crippen LogP contribution in [0.2, 0.25) is 0 Å². The van der Waals surface area contributed by atoms with Crippen LogP contribution in [0.25, 0.3) is 0 Å². The molecule has 9 fully saturated rings. The highest BCUT2D eigenvalue weighted by atomic mass is 35.6. The van der Waals surface area contributed by atoms with E-state index in [2.05, 4.69) is 42.5 Å². The van der Waals surface area contributed by atoms with E-state index >= 15 is 0 Å². The number of rotatable bonds is 0. The van der Waals surface area contributed by atoms with Crippen LogP contribution in [-0.2, 0) is 0 Å². The third-order valence-electron chi connectivity index (χ3n) is 13.8. The van der Waals surface area contributed by atoms with Gasteiger partial charge in [-0.1, -0.05) is 51.4 Å². The Morgan fingerprint density at radius 2 is 0.395 bits per heavy atom. The number of nitrogens with one attached hydrogen (secondary N) is 8. The van der Waals surface area contributed by atoms with E-state index in [1.165, 1.54) is 103 Å². The fourth-order valence-electron chi connectivity index (χ4n) is 12.0. The topological polar surface area (TPSA) is 96.2 Å². The Hall–Kier alpha value is 0.792. The molecule has 4 saturated carbocycles. The van der Waals surface area contributed by atoms with Gasteiger partial charge in [-0.3, -0.25) is 52.6 Å². The van der Waals surface area contributed by atoms with Gasteiger partial charge in [0.2, 0.25) is 0 Å². The molecule has 0 spiro atoms. The molecule has 9 rings (SSSR count). The van der Waals surface area contributed by atoms with E-state index in [-0.39, 0.29) is 12.4 Å². The van der Waals surface area contributed by atoms with Gasteiger partial charge < -0.3 is 0 Å². The predicted molar refractivity (Wildman–Crippen MR) is 179 cm³/mol. The van der Waals surface area contributed by atoms with Crippen LogP contribution in [-0.4, -0.2) is 64.7 Å². The number of hydrogen-bond donors (Lipinski definition) is 8. The SMILES string of the molecule is C1CCC2C3NC(NC4NC(NC5NC(NC6NC(N3)C3CCCCC63)C3CCCCC53)C3CCCCC43)C2C1.Cl.[AlH2][Cl]. The summed E-state index contributed by atoms with van der Waals surface area (Å²) in [7, 11) is 4.78. The Kier molecular flexibility index (Phi) is 10.6. The van der Waals surface area contributed by atoms with E-state index < -0.39 is 0 Å². The molecule has 8 nitrogen and oxygen atoms in total. The molecule has 8 N–H and O–H groups in total. The molecule has 5 saturated heterocycles. The van der Waals surface area contributed by atoms with Gasteiger partial charge in [-0.05, 0) is 98.7 Å². The fourth-order valence-corrected chi connectivity index (χ4v) is 12.0. The van der Waals surface area contributed by atoms with Crippen molar-refractivity contribution in [3.8, 4) is 0 Å². The van der Waals surface area contributed by atoms with Crippen molar-refractivity contribution in [2.45, 2.75) is 152 Å². The van der Waals surface area contributed by atoms with Gasteiger partial charge in [-0.2, -0.15) is 0 Å². The summed E-state index contributed by atoms with van der Waals surface area (Å²) < 4.78 is 0. The maximum Gasteiger partial charge on any atom is 0.353 e. The molecule has 5 aliphatic heterocycles. The molecule has 9 aliphatic rings. The molecule has 4 aliphatic carbocycles. The molecular weight excluding hydrogens is 594 g/mol. The summed E-state index contributed by atoms with van der Waals surface area (Å²) in [5, 5.41) is 33.8. The first kappa shape index (κ1) is 32.3. The second-order valence-electron chi connectivity index (χ2n) is 15.6. The zero-order valence-electron chi connectivity index (χ0n) is 26.3. The first-order valence-electron chi connectivity index (χ1n) is 18.3. The van der Waals surface area contributed by atoms with Crippen LogP contribution in [0.4, 0.5) is 0 Å². The predicted octanol–water partition coefficient (Wildman–Crippen LogP) is 2.80. The largest absolute Gasteiger partial charge is 0.353 e. The van der Waals surface area contributed by atoms with Crippen molar-refractivity contribution in [3.05, 3.63) is 0 Å². The molecule has 0 aromatic heterocycles. The summed E-state index contributed by atoms with van der Waals surface area (Å²) in [4.78, 5) is 0. The van der Waals surface area contributed by atoms with E-state index in [9.17, 15) is 0 Å². The standard InChI is InChI=1S/C32H56N8.Al.2ClH.2H/c1-2-10-18-17(9-1)25-33-26(18)38-28-21-13-5-6-14-22(21)30(35-28)40-32-24-16-8-7-15-23(24)31(36-32)39-29-20-12-4-3-11-19(20)27(34-29)37-25;;;;;/h17-40H,1-16H2;;2*1H;;/q;+1;;;;/p-1. The van der Waals surface area contributed by atoms with E-state index in [0.717, 1.165) is 62.7 Å². The Morgan fingerprint density at radius 1 is 0.279 bits per heavy atom. The van der Waals surface area contributed by atoms with Crippen molar-refractivity contribution in [3.63, 3.8) is 0 Å². The lowest BCUT2D eigenvalue weighted by Crippen LogP contribution is -2.61. The number of hydrogen-bond acceptors (Lipinski definition) is 8. The van der Waals surface area contributed by atoms with Crippen molar-refractivity contribution in [2.75, 3.05) is 0 Å². The van der Waals surface area contributed by atoms with Crippen molar-refractivity contribution < 1.29 is 0 Å². The minimum Gasteiger partial charge on any atom is -0.286 e. The quantitative estimate of drug-likeness (QED) is 0.190. The minimum atomic E-state index is 0. The summed E-state index contributed by atoms with van der Waals surface area (Å²) in [6.07, 6.45) is 25.6. The van der Waals surface area contributed by atoms with Crippen molar-refractivity contribution >= 4 is 37.8 Å². The first-order chi connectivity index (χ1) is 20.8. The average Bonchev–Trinajstić information content (AvgIpc) is 3.78. The van der Waals surface area contributed by atoms with Crippen LogP contribution < -0.4 is 42.5 Å². The van der Waals surface area contributed by atoms with Crippen LogP contribution in [0.1, 0.15) is 103 Å². The average molecular weight is 654 g/mol. The Labute approximate surface area is 278 Å². The second-order valence-corrected chi connectivity index (χ2v) is 15.6. The summed E-state index contributed by atoms with van der Waals surface area (Å²) in [5.41, 5.74) is 0. The highest BCUT2D eigenvalue weighted by Crippen LogP contribution is 2.45. The van der Waals surface area contributed by atoms with Crippen molar-refractivity contribution in [1.82, 2.24) is 42.5 Å². The van der Waals surface area contributed by atoms with Gasteiger partial charge in [0.1, 0.15) is 0 Å². The summed E-state index contributed by atoms with van der Waals surface area (Å²) in [5.74, 6) is 5.97. The molecule has 0 amide bonds. The maximum absolute atomic E-state index is 4.78. The van der Waals surface area contributed by atoms with Crippen LogP contribution in [0.3, 0.4) is 0 Å². The molecule has 0 radical (unpaired) electrons. The van der Waals surface area contributed by atoms with E-state index in [0.29, 0.717) is 49.3 Å². The van der Waals surface area contributed by atoms with Gasteiger partial charge >= 0.3 is 15.4 Å². The zero-order valence-corrected chi connectivity index (χ0v) is 29.9. The lowest BCUT2D eigenvalue weighted by atomic mass is 9.76. The molecule has 11 heteroatoms. The molecule has 8 unspecified atom stereocenters. The third-order valence-corrected chi connectivity index (χ3v) is 13.8. The molecule has 8 atom stereocenters. The molecule has 0 aromatic rings. The van der Waals surface area contributed by atoms with Crippen LogP contribution in [0.15, 0.2) is 0 Å². The van der Waals surface area contributed by atoms with Gasteiger partial charge in [0, 0.05) is 0 Å². The number of halogens is 2. The van der Waals surface area contributed by atoms with Gasteiger partial charge in [0.05, 0.1) is 49.3 Å². The monoisotopic (exact) mass is 652 g/mol. The highest BCUT2D eigenvalue weighted by Gasteiger charge is 2.54. The normalized spacial score (nSPS) is 53.7. The third kappa shape index (κ3) is 6.02. The molecule has 8 bridgehead atoms. The molecule has 43 heavy (non-hydrogen) atoms. The van der Waals surface area contributed by atoms with Crippen molar-refractivity contribution in [1.29, 1.82) is 0 Å². The lowest BCUT2D eigenvalue weighted by Gasteiger charge is -2.35. The van der Waals surface area contributed by atoms with Gasteiger partial charge in [-0.25, -0.2) is 0 Å². The molecule has 5 heterocycles. The maximum atomic E-state index is 4.78. The van der Waals surface area contributed by atoms with Crippen molar-refractivity contribution in [2.24, 2.45) is 47.3 Å². The summed E-state index contributed by atoms with van der Waals surface area (Å²) in [6, 6.07) is 0. The Morgan fingerprint density at radius 3 is 0.512 bits per heavy atom. The van der Waals surface area contributed by atoms with Gasteiger partial charge in [0.15, 0.2) is 0 Å². The lowest BCUT2D eigenvalue weighted by molar-refractivity contribution is 0.167. The second kappa shape index (κ2) is 14.1. The first-order valence-corrected chi connectivity index (χ1v) is 21.3. The van der Waals surface area contributed by atoms with E-state index in [1.807, 2.05) is 0 Å². The van der Waals surface area contributed by atoms with Crippen LogP contribution in [0.5, 0.6) is 0 Å². The smallest absolute Gasteiger partial charge is 0.286 e. The van der Waals surface area contributed by atoms with Gasteiger partial charge in [0.25, 0.3) is 0 Å². The Bertz CT molecular complexity index is 728. The molecular formula is C32H59AlCl2N8. The Balaban J connectivity index is 0.000000981. The highest BCUT2D eigenvalue weighted by molar-refractivity contribution is 6.80. The van der Waals surface area contributed by atoms with Crippen LogP contribution in [0, 0.1) is 47.3 Å². The van der Waals surface area contributed by atoms with E-state index in [4.69, 9.17) is 10.0 Å². The zero-order chi connectivity index (χ0) is 28.2. The number of fused-ring (bicyclic) bond motifs is 20. The molecule has 244 valence electrons. The van der Waals surface area contributed by atoms with Crippen LogP contribution >= 0.6 is 22.5 Å². The van der Waals surface area contributed by atoms with E-state index in [1.54, 1.807) is 0 Å². The van der Waals surface area contributed by atoms with Gasteiger partial charge in [-0.15, -0.1) is 12.4 Å². The summed E-state index contributed by atoms with van der Waals surface area (Å²) >= 11 is 0.778.